The van der Waals surface area contributed by atoms with Crippen molar-refractivity contribution in [2.75, 3.05) is 23.9 Å². The Morgan fingerprint density at radius 2 is 1.83 bits per heavy atom. The second-order valence-electron chi connectivity index (χ2n) is 4.95. The highest BCUT2D eigenvalue weighted by molar-refractivity contribution is 6.42. The van der Waals surface area contributed by atoms with Crippen molar-refractivity contribution >= 4 is 46.4 Å². The summed E-state index contributed by atoms with van der Waals surface area (Å²) in [5.41, 5.74) is 1.02. The molecule has 0 aromatic heterocycles. The maximum Gasteiger partial charge on any atom is 0.244 e. The Balaban J connectivity index is 2.17. The smallest absolute Gasteiger partial charge is 0.244 e. The Morgan fingerprint density at radius 3 is 2.46 bits per heavy atom. The number of amides is 2. The summed E-state index contributed by atoms with van der Waals surface area (Å²) >= 11 is 11.8. The average molecular weight is 367 g/mol. The molecule has 5 nitrogen and oxygen atoms in total. The number of methoxy groups -OCH3 is 1. The number of halogens is 2. The van der Waals surface area contributed by atoms with Crippen LogP contribution < -0.4 is 15.0 Å². The van der Waals surface area contributed by atoms with Crippen molar-refractivity contribution in [3.8, 4) is 5.75 Å². The van der Waals surface area contributed by atoms with Crippen LogP contribution in [0.25, 0.3) is 0 Å². The van der Waals surface area contributed by atoms with E-state index in [1.807, 2.05) is 0 Å². The van der Waals surface area contributed by atoms with E-state index in [-0.39, 0.29) is 18.4 Å². The Hall–Kier alpha value is -2.24. The number of anilines is 2. The topological polar surface area (TPSA) is 58.6 Å². The van der Waals surface area contributed by atoms with E-state index in [2.05, 4.69) is 5.32 Å². The first-order valence-electron chi connectivity index (χ1n) is 7.08. The van der Waals surface area contributed by atoms with Crippen molar-refractivity contribution in [3.63, 3.8) is 0 Å². The fraction of sp³-hybridized carbons (Fsp3) is 0.176. The molecule has 0 bridgehead atoms. The highest BCUT2D eigenvalue weighted by Crippen LogP contribution is 2.28. The summed E-state index contributed by atoms with van der Waals surface area (Å²) in [6.45, 7) is 1.23. The largest absolute Gasteiger partial charge is 0.495 e. The predicted octanol–water partition coefficient (Wildman–Crippen LogP) is 3.99. The van der Waals surface area contributed by atoms with Crippen molar-refractivity contribution in [3.05, 3.63) is 52.5 Å². The van der Waals surface area contributed by atoms with Crippen LogP contribution in [0.2, 0.25) is 10.0 Å². The van der Waals surface area contributed by atoms with Gasteiger partial charge < -0.3 is 10.1 Å². The van der Waals surface area contributed by atoms with Crippen LogP contribution in [0, 0.1) is 0 Å². The lowest BCUT2D eigenvalue weighted by molar-refractivity contribution is -0.120. The molecular weight excluding hydrogens is 351 g/mol. The Morgan fingerprint density at radius 1 is 1.12 bits per heavy atom. The van der Waals surface area contributed by atoms with Crippen LogP contribution >= 0.6 is 23.2 Å². The van der Waals surface area contributed by atoms with E-state index in [0.717, 1.165) is 0 Å². The normalized spacial score (nSPS) is 10.2. The van der Waals surface area contributed by atoms with Gasteiger partial charge >= 0.3 is 0 Å². The number of benzene rings is 2. The van der Waals surface area contributed by atoms with Crippen molar-refractivity contribution in [1.29, 1.82) is 0 Å². The second kappa shape index (κ2) is 8.04. The summed E-state index contributed by atoms with van der Waals surface area (Å²) in [5.74, 6) is -0.131. The molecule has 1 N–H and O–H groups in total. The molecule has 0 atom stereocenters. The number of hydrogen-bond acceptors (Lipinski definition) is 3. The van der Waals surface area contributed by atoms with Crippen molar-refractivity contribution in [2.24, 2.45) is 0 Å². The average Bonchev–Trinajstić information content (AvgIpc) is 2.56. The molecule has 0 spiro atoms. The van der Waals surface area contributed by atoms with Crippen LogP contribution in [0.1, 0.15) is 6.92 Å². The molecule has 0 aliphatic carbocycles. The van der Waals surface area contributed by atoms with Crippen molar-refractivity contribution < 1.29 is 14.3 Å². The molecule has 0 aliphatic heterocycles. The van der Waals surface area contributed by atoms with Gasteiger partial charge in [-0.3, -0.25) is 14.5 Å². The summed E-state index contributed by atoms with van der Waals surface area (Å²) in [6.07, 6.45) is 0. The Bertz CT molecular complexity index is 765. The third kappa shape index (κ3) is 4.40. The van der Waals surface area contributed by atoms with Gasteiger partial charge in [0.05, 0.1) is 22.8 Å². The van der Waals surface area contributed by atoms with Gasteiger partial charge in [-0.25, -0.2) is 0 Å². The molecule has 0 radical (unpaired) electrons. The van der Waals surface area contributed by atoms with E-state index in [1.165, 1.54) is 18.9 Å². The molecule has 0 saturated carbocycles. The van der Waals surface area contributed by atoms with Gasteiger partial charge in [0.1, 0.15) is 12.3 Å². The second-order valence-corrected chi connectivity index (χ2v) is 5.77. The number of para-hydroxylation sites is 2. The third-order valence-electron chi connectivity index (χ3n) is 3.26. The molecule has 7 heteroatoms. The quantitative estimate of drug-likeness (QED) is 0.869. The van der Waals surface area contributed by atoms with Crippen LogP contribution in [-0.2, 0) is 9.59 Å². The zero-order valence-electron chi connectivity index (χ0n) is 13.2. The molecule has 0 heterocycles. The van der Waals surface area contributed by atoms with Crippen molar-refractivity contribution in [2.45, 2.75) is 6.92 Å². The fourth-order valence-electron chi connectivity index (χ4n) is 2.14. The molecule has 24 heavy (non-hydrogen) atoms. The van der Waals surface area contributed by atoms with Crippen molar-refractivity contribution in [1.82, 2.24) is 0 Å². The van der Waals surface area contributed by atoms with Crippen LogP contribution in [-0.4, -0.2) is 25.5 Å². The minimum absolute atomic E-state index is 0.157. The number of nitrogens with zero attached hydrogens (tertiary/aromatic N) is 1. The van der Waals surface area contributed by atoms with Crippen LogP contribution in [0.15, 0.2) is 42.5 Å². The number of carbonyl (C=O) groups excluding carboxylic acids is 2. The number of hydrogen-bond donors (Lipinski definition) is 1. The molecule has 2 aromatic rings. The molecule has 0 saturated heterocycles. The van der Waals surface area contributed by atoms with E-state index in [9.17, 15) is 9.59 Å². The molecule has 2 amide bonds. The summed E-state index contributed by atoms with van der Waals surface area (Å²) in [4.78, 5) is 25.6. The SMILES string of the molecule is COc1ccccc1N(CC(=O)Nc1ccc(Cl)c(Cl)c1)C(C)=O. The van der Waals surface area contributed by atoms with Crippen LogP contribution in [0.4, 0.5) is 11.4 Å². The van der Waals surface area contributed by atoms with Gasteiger partial charge in [0.15, 0.2) is 0 Å². The Labute approximate surface area is 150 Å². The first-order chi connectivity index (χ1) is 11.4. The number of carbonyl (C=O) groups is 2. The number of ether oxygens (including phenoxy) is 1. The lowest BCUT2D eigenvalue weighted by Crippen LogP contribution is -2.36. The lowest BCUT2D eigenvalue weighted by Gasteiger charge is -2.22. The summed E-state index contributed by atoms with van der Waals surface area (Å²) in [7, 11) is 1.51. The molecule has 0 unspecified atom stereocenters. The molecule has 126 valence electrons. The maximum atomic E-state index is 12.3. The van der Waals surface area contributed by atoms with Gasteiger partial charge in [-0.05, 0) is 30.3 Å². The van der Waals surface area contributed by atoms with Gasteiger partial charge in [-0.15, -0.1) is 0 Å². The van der Waals surface area contributed by atoms with Gasteiger partial charge in [0.2, 0.25) is 11.8 Å². The highest BCUT2D eigenvalue weighted by atomic mass is 35.5. The van der Waals surface area contributed by atoms with E-state index in [4.69, 9.17) is 27.9 Å². The molecular formula is C17H16Cl2N2O3. The van der Waals surface area contributed by atoms with E-state index in [0.29, 0.717) is 27.2 Å². The minimum Gasteiger partial charge on any atom is -0.495 e. The van der Waals surface area contributed by atoms with Gasteiger partial charge in [0.25, 0.3) is 0 Å². The zero-order chi connectivity index (χ0) is 17.7. The first-order valence-corrected chi connectivity index (χ1v) is 7.84. The fourth-order valence-corrected chi connectivity index (χ4v) is 2.43. The summed E-state index contributed by atoms with van der Waals surface area (Å²) < 4.78 is 5.25. The summed E-state index contributed by atoms with van der Waals surface area (Å²) in [6, 6.07) is 11.8. The Kier molecular flexibility index (Phi) is 6.06. The lowest BCUT2D eigenvalue weighted by atomic mass is 10.2. The van der Waals surface area contributed by atoms with Crippen LogP contribution in [0.5, 0.6) is 5.75 Å². The van der Waals surface area contributed by atoms with E-state index >= 15 is 0 Å². The monoisotopic (exact) mass is 366 g/mol. The summed E-state index contributed by atoms with van der Waals surface area (Å²) in [5, 5.41) is 3.42. The number of rotatable bonds is 5. The molecule has 2 rings (SSSR count). The third-order valence-corrected chi connectivity index (χ3v) is 4.00. The van der Waals surface area contributed by atoms with Crippen LogP contribution in [0.3, 0.4) is 0 Å². The van der Waals surface area contributed by atoms with E-state index in [1.54, 1.807) is 42.5 Å². The number of nitrogens with one attached hydrogen (secondary N) is 1. The van der Waals surface area contributed by atoms with Gasteiger partial charge in [0, 0.05) is 12.6 Å². The zero-order valence-corrected chi connectivity index (χ0v) is 14.7. The standard InChI is InChI=1S/C17H16Cl2N2O3/c1-11(22)21(15-5-3-4-6-16(15)24-2)10-17(23)20-12-7-8-13(18)14(19)9-12/h3-9H,10H2,1-2H3,(H,20,23). The minimum atomic E-state index is -0.366. The predicted molar refractivity (Wildman–Crippen MR) is 96.1 cm³/mol. The van der Waals surface area contributed by atoms with Gasteiger partial charge in [-0.2, -0.15) is 0 Å². The maximum absolute atomic E-state index is 12.3. The highest BCUT2D eigenvalue weighted by Gasteiger charge is 2.19. The van der Waals surface area contributed by atoms with Gasteiger partial charge in [-0.1, -0.05) is 35.3 Å². The first kappa shape index (κ1) is 18.1. The van der Waals surface area contributed by atoms with E-state index < -0.39 is 0 Å². The molecule has 2 aromatic carbocycles. The molecule has 0 aliphatic rings. The molecule has 0 fully saturated rings.